The maximum absolute atomic E-state index is 11.3. The minimum Gasteiger partial charge on any atom is -0.469 e. The molecule has 0 N–H and O–H groups in total. The Bertz CT molecular complexity index is 491. The fourth-order valence-corrected chi connectivity index (χ4v) is 4.46. The molecule has 2 rings (SSSR count). The van der Waals surface area contributed by atoms with E-state index in [2.05, 4.69) is 48.5 Å². The lowest BCUT2D eigenvalue weighted by atomic mass is 10.0. The van der Waals surface area contributed by atoms with Crippen molar-refractivity contribution in [1.82, 2.24) is 0 Å². The van der Waals surface area contributed by atoms with Gasteiger partial charge in [0, 0.05) is 6.42 Å². The first-order valence-corrected chi connectivity index (χ1v) is 8.28. The first kappa shape index (κ1) is 14.8. The summed E-state index contributed by atoms with van der Waals surface area (Å²) in [6.45, 7) is 1.01. The fraction of sp³-hybridized carbons (Fsp3) is 0.188. The Labute approximate surface area is 122 Å². The monoisotopic (exact) mass is 284 g/mol. The van der Waals surface area contributed by atoms with E-state index in [0.717, 1.165) is 13.3 Å². The first-order chi connectivity index (χ1) is 9.81. The average molecular weight is 284 g/mol. The molecule has 4 heteroatoms. The Hall–Kier alpha value is -1.60. The summed E-state index contributed by atoms with van der Waals surface area (Å²) in [6.07, 6.45) is 1.36. The smallest absolute Gasteiger partial charge is 0.304 e. The Morgan fingerprint density at radius 1 is 1.00 bits per heavy atom. The summed E-state index contributed by atoms with van der Waals surface area (Å²) in [4.78, 5) is 11.3. The van der Waals surface area contributed by atoms with E-state index in [9.17, 15) is 4.79 Å². The van der Waals surface area contributed by atoms with Crippen molar-refractivity contribution in [2.45, 2.75) is 12.7 Å². The Morgan fingerprint density at radius 3 is 1.95 bits per heavy atom. The Balaban J connectivity index is 2.11. The topological polar surface area (TPSA) is 26.3 Å². The second-order valence-corrected chi connectivity index (χ2v) is 6.84. The quantitative estimate of drug-likeness (QED) is 0.463. The number of benzene rings is 2. The lowest BCUT2D eigenvalue weighted by Gasteiger charge is -2.17. The largest absolute Gasteiger partial charge is 0.469 e. The third kappa shape index (κ3) is 4.21. The zero-order valence-corrected chi connectivity index (χ0v) is 12.6. The van der Waals surface area contributed by atoms with Crippen molar-refractivity contribution in [2.75, 3.05) is 7.11 Å². The number of methoxy groups -OCH3 is 1. The van der Waals surface area contributed by atoms with Crippen LogP contribution < -0.4 is 10.6 Å². The molecule has 0 aliphatic heterocycles. The molecule has 0 saturated heterocycles. The maximum atomic E-state index is 11.3. The molecule has 0 fully saturated rings. The van der Waals surface area contributed by atoms with Gasteiger partial charge < -0.3 is 4.74 Å². The predicted octanol–water partition coefficient (Wildman–Crippen LogP) is 2.45. The van der Waals surface area contributed by atoms with Gasteiger partial charge in [-0.2, -0.15) is 0 Å². The molecule has 0 saturated carbocycles. The molecule has 0 aliphatic carbocycles. The summed E-state index contributed by atoms with van der Waals surface area (Å²) in [6, 6.07) is 21.1. The van der Waals surface area contributed by atoms with Crippen LogP contribution in [0.25, 0.3) is 0 Å². The van der Waals surface area contributed by atoms with Crippen LogP contribution in [0.1, 0.15) is 6.42 Å². The molecule has 0 heterocycles. The van der Waals surface area contributed by atoms with Gasteiger partial charge in [-0.15, -0.1) is 0 Å². The second kappa shape index (κ2) is 7.86. The normalized spacial score (nSPS) is 10.3. The van der Waals surface area contributed by atoms with Crippen LogP contribution in [0.15, 0.2) is 60.7 Å². The molecule has 2 aromatic carbocycles. The number of esters is 1. The number of carbonyl (C=O) groups is 1. The lowest BCUT2D eigenvalue weighted by Crippen LogP contribution is -2.16. The highest BCUT2D eigenvalue weighted by Gasteiger charge is 2.15. The van der Waals surface area contributed by atoms with E-state index in [1.165, 1.54) is 17.7 Å². The van der Waals surface area contributed by atoms with E-state index in [0.29, 0.717) is 6.42 Å². The van der Waals surface area contributed by atoms with Crippen LogP contribution in [0.4, 0.5) is 0 Å². The molecule has 0 aliphatic rings. The predicted molar refractivity (Wildman–Crippen MR) is 87.7 cm³/mol. The molecule has 2 aromatic rings. The van der Waals surface area contributed by atoms with Crippen LogP contribution >= 0.6 is 7.80 Å². The van der Waals surface area contributed by atoms with Gasteiger partial charge in [0.2, 0.25) is 0 Å². The second-order valence-electron chi connectivity index (χ2n) is 4.50. The number of carbonyl (C=O) groups excluding carboxylic acids is 1. The Morgan fingerprint density at radius 2 is 1.50 bits per heavy atom. The molecular weight excluding hydrogens is 266 g/mol. The van der Waals surface area contributed by atoms with Crippen molar-refractivity contribution in [3.05, 3.63) is 60.7 Å². The van der Waals surface area contributed by atoms with Crippen LogP contribution in [-0.4, -0.2) is 20.1 Å². The van der Waals surface area contributed by atoms with Gasteiger partial charge in [0.25, 0.3) is 0 Å². The van der Waals surface area contributed by atoms with Crippen molar-refractivity contribution < 1.29 is 9.53 Å². The van der Waals surface area contributed by atoms with Crippen LogP contribution in [0, 0.1) is 0 Å². The van der Waals surface area contributed by atoms with Crippen molar-refractivity contribution >= 4 is 31.4 Å². The van der Waals surface area contributed by atoms with Gasteiger partial charge in [0.15, 0.2) is 7.00 Å². The van der Waals surface area contributed by atoms with E-state index in [1.807, 2.05) is 12.1 Å². The van der Waals surface area contributed by atoms with Gasteiger partial charge in [0.1, 0.15) is 0 Å². The van der Waals surface area contributed by atoms with Gasteiger partial charge >= 0.3 is 5.97 Å². The standard InChI is InChI=1S/C16H18BO2P/c1-19-16(18)12-13-17-20(14-8-4-2-5-9-14)15-10-6-3-7-11-15/h2-11,17H,12-13H2,1H3. The van der Waals surface area contributed by atoms with Crippen molar-refractivity contribution in [1.29, 1.82) is 0 Å². The van der Waals surface area contributed by atoms with Crippen molar-refractivity contribution in [3.63, 3.8) is 0 Å². The average Bonchev–Trinajstić information content (AvgIpc) is 2.53. The van der Waals surface area contributed by atoms with Crippen molar-refractivity contribution in [3.8, 4) is 0 Å². The molecule has 102 valence electrons. The molecule has 0 atom stereocenters. The summed E-state index contributed by atoms with van der Waals surface area (Å²) in [7, 11) is 1.05. The molecule has 0 spiro atoms. The van der Waals surface area contributed by atoms with E-state index in [1.54, 1.807) is 0 Å². The summed E-state index contributed by atoms with van der Waals surface area (Å²) in [5.74, 6) is -0.124. The van der Waals surface area contributed by atoms with Crippen LogP contribution in [0.2, 0.25) is 6.32 Å². The number of ether oxygens (including phenoxy) is 1. The van der Waals surface area contributed by atoms with Gasteiger partial charge in [-0.05, 0) is 10.6 Å². The lowest BCUT2D eigenvalue weighted by molar-refractivity contribution is -0.140. The molecular formula is C16H18BO2P. The van der Waals surface area contributed by atoms with E-state index in [-0.39, 0.29) is 5.97 Å². The van der Waals surface area contributed by atoms with Crippen LogP contribution in [0.5, 0.6) is 0 Å². The molecule has 0 amide bonds. The highest BCUT2D eigenvalue weighted by molar-refractivity contribution is 7.97. The van der Waals surface area contributed by atoms with Gasteiger partial charge in [-0.1, -0.05) is 74.8 Å². The summed E-state index contributed by atoms with van der Waals surface area (Å²) in [5.41, 5.74) is 0. The molecule has 0 bridgehead atoms. The number of hydrogen-bond acceptors (Lipinski definition) is 2. The SMILES string of the molecule is COC(=O)CCBP(c1ccccc1)c1ccccc1. The number of hydrogen-bond donors (Lipinski definition) is 0. The third-order valence-corrected chi connectivity index (χ3v) is 5.73. The highest BCUT2D eigenvalue weighted by Crippen LogP contribution is 2.32. The molecule has 0 aromatic heterocycles. The van der Waals surface area contributed by atoms with Crippen LogP contribution in [0.3, 0.4) is 0 Å². The minimum atomic E-state index is -0.394. The maximum Gasteiger partial charge on any atom is 0.304 e. The van der Waals surface area contributed by atoms with Gasteiger partial charge in [0.05, 0.1) is 7.11 Å². The van der Waals surface area contributed by atoms with Gasteiger partial charge in [-0.3, -0.25) is 4.79 Å². The molecule has 0 radical (unpaired) electrons. The van der Waals surface area contributed by atoms with E-state index in [4.69, 9.17) is 4.74 Å². The summed E-state index contributed by atoms with van der Waals surface area (Å²) < 4.78 is 4.71. The van der Waals surface area contributed by atoms with Crippen molar-refractivity contribution in [2.24, 2.45) is 0 Å². The van der Waals surface area contributed by atoms with Crippen LogP contribution in [-0.2, 0) is 9.53 Å². The molecule has 2 nitrogen and oxygen atoms in total. The van der Waals surface area contributed by atoms with Gasteiger partial charge in [-0.25, -0.2) is 0 Å². The molecule has 0 unspecified atom stereocenters. The summed E-state index contributed by atoms with van der Waals surface area (Å²) >= 11 is 0. The Kier molecular flexibility index (Phi) is 5.82. The molecule has 20 heavy (non-hydrogen) atoms. The minimum absolute atomic E-state index is 0.124. The third-order valence-electron chi connectivity index (χ3n) is 3.13. The zero-order chi connectivity index (χ0) is 14.2. The zero-order valence-electron chi connectivity index (χ0n) is 11.7. The van der Waals surface area contributed by atoms with E-state index >= 15 is 0 Å². The first-order valence-electron chi connectivity index (χ1n) is 6.75. The number of rotatable bonds is 6. The summed E-state index contributed by atoms with van der Waals surface area (Å²) in [5, 5.41) is 2.72. The highest BCUT2D eigenvalue weighted by atomic mass is 31.1. The van der Waals surface area contributed by atoms with E-state index < -0.39 is 7.80 Å². The fourth-order valence-electron chi connectivity index (χ4n) is 2.11.